The van der Waals surface area contributed by atoms with Gasteiger partial charge in [0.15, 0.2) is 0 Å². The van der Waals surface area contributed by atoms with Crippen LogP contribution in [0.2, 0.25) is 0 Å². The molecule has 0 atom stereocenters. The molecule has 0 radical (unpaired) electrons. The van der Waals surface area contributed by atoms with E-state index >= 15 is 0 Å². The van der Waals surface area contributed by atoms with Crippen molar-refractivity contribution in [1.82, 2.24) is 14.3 Å². The third-order valence-corrected chi connectivity index (χ3v) is 5.64. The summed E-state index contributed by atoms with van der Waals surface area (Å²) in [6, 6.07) is 3.25. The molecule has 2 aromatic rings. The minimum absolute atomic E-state index is 0.0550. The molecule has 0 saturated carbocycles. The smallest absolute Gasteiger partial charge is 0.246 e. The molecule has 1 aromatic carbocycles. The van der Waals surface area contributed by atoms with E-state index in [9.17, 15) is 17.2 Å². The molecule has 2 heterocycles. The fraction of sp³-hybridized carbons (Fsp3) is 0.286. The molecule has 1 aromatic heterocycles. The van der Waals surface area contributed by atoms with Crippen LogP contribution in [0.15, 0.2) is 29.3 Å². The summed E-state index contributed by atoms with van der Waals surface area (Å²) >= 11 is 0. The van der Waals surface area contributed by atoms with Gasteiger partial charge in [0.05, 0.1) is 5.69 Å². The van der Waals surface area contributed by atoms with Gasteiger partial charge < -0.3 is 5.73 Å². The number of aromatic nitrogens is 2. The SMILES string of the molecule is Cc1cc(F)c(S(=O)(=O)N2CC(c3ccnc(N)n3)C2)cc1F. The van der Waals surface area contributed by atoms with Crippen LogP contribution in [0.4, 0.5) is 14.7 Å². The van der Waals surface area contributed by atoms with Crippen molar-refractivity contribution >= 4 is 16.0 Å². The average molecular weight is 340 g/mol. The number of sulfonamides is 1. The Morgan fingerprint density at radius 3 is 2.61 bits per heavy atom. The second kappa shape index (κ2) is 5.50. The van der Waals surface area contributed by atoms with E-state index in [4.69, 9.17) is 5.73 Å². The van der Waals surface area contributed by atoms with Crippen molar-refractivity contribution in [2.45, 2.75) is 17.7 Å². The summed E-state index contributed by atoms with van der Waals surface area (Å²) in [7, 11) is -4.08. The van der Waals surface area contributed by atoms with Crippen molar-refractivity contribution in [2.75, 3.05) is 18.8 Å². The number of hydrogen-bond donors (Lipinski definition) is 1. The molecule has 1 aliphatic heterocycles. The maximum absolute atomic E-state index is 13.9. The maximum Gasteiger partial charge on any atom is 0.246 e. The van der Waals surface area contributed by atoms with Crippen LogP contribution < -0.4 is 5.73 Å². The first-order valence-electron chi connectivity index (χ1n) is 6.83. The molecule has 6 nitrogen and oxygen atoms in total. The number of nitrogens with two attached hydrogens (primary N) is 1. The fourth-order valence-corrected chi connectivity index (χ4v) is 3.99. The first-order valence-corrected chi connectivity index (χ1v) is 8.27. The number of nitrogens with zero attached hydrogens (tertiary/aromatic N) is 3. The fourth-order valence-electron chi connectivity index (χ4n) is 2.40. The summed E-state index contributed by atoms with van der Waals surface area (Å²) < 4.78 is 53.4. The molecule has 9 heteroatoms. The minimum Gasteiger partial charge on any atom is -0.368 e. The van der Waals surface area contributed by atoms with Crippen LogP contribution in [-0.2, 0) is 10.0 Å². The Kier molecular flexibility index (Phi) is 3.77. The Labute approximate surface area is 132 Å². The summed E-state index contributed by atoms with van der Waals surface area (Å²) in [4.78, 5) is 7.16. The van der Waals surface area contributed by atoms with Gasteiger partial charge in [0.2, 0.25) is 16.0 Å². The lowest BCUT2D eigenvalue weighted by Crippen LogP contribution is -2.48. The molecule has 0 unspecified atom stereocenters. The van der Waals surface area contributed by atoms with E-state index in [0.29, 0.717) is 5.69 Å². The predicted octanol–water partition coefficient (Wildman–Crippen LogP) is 1.43. The highest BCUT2D eigenvalue weighted by atomic mass is 32.2. The molecule has 1 aliphatic rings. The van der Waals surface area contributed by atoms with E-state index in [-0.39, 0.29) is 30.5 Å². The van der Waals surface area contributed by atoms with Gasteiger partial charge in [-0.1, -0.05) is 0 Å². The van der Waals surface area contributed by atoms with Crippen molar-refractivity contribution in [3.8, 4) is 0 Å². The standard InChI is InChI=1S/C14H14F2N4O2S/c1-8-4-11(16)13(5-10(8)15)23(21,22)20-6-9(7-20)12-2-3-18-14(17)19-12/h2-5,9H,6-7H2,1H3,(H2,17,18,19). The molecule has 23 heavy (non-hydrogen) atoms. The van der Waals surface area contributed by atoms with Gasteiger partial charge in [-0.15, -0.1) is 0 Å². The molecular formula is C14H14F2N4O2S. The summed E-state index contributed by atoms with van der Waals surface area (Å²) in [5.74, 6) is -1.76. The Bertz CT molecular complexity index is 867. The molecule has 2 N–H and O–H groups in total. The summed E-state index contributed by atoms with van der Waals surface area (Å²) in [6.45, 7) is 1.63. The van der Waals surface area contributed by atoms with Gasteiger partial charge in [0.25, 0.3) is 0 Å². The number of rotatable bonds is 3. The number of anilines is 1. The van der Waals surface area contributed by atoms with E-state index < -0.39 is 26.6 Å². The molecule has 0 aliphatic carbocycles. The summed E-state index contributed by atoms with van der Waals surface area (Å²) in [6.07, 6.45) is 1.49. The van der Waals surface area contributed by atoms with Gasteiger partial charge >= 0.3 is 0 Å². The van der Waals surface area contributed by atoms with E-state index in [2.05, 4.69) is 9.97 Å². The Morgan fingerprint density at radius 2 is 1.96 bits per heavy atom. The highest BCUT2D eigenvalue weighted by Gasteiger charge is 2.39. The highest BCUT2D eigenvalue weighted by Crippen LogP contribution is 2.32. The van der Waals surface area contributed by atoms with E-state index in [1.807, 2.05) is 0 Å². The van der Waals surface area contributed by atoms with Gasteiger partial charge in [0.1, 0.15) is 16.5 Å². The van der Waals surface area contributed by atoms with E-state index in [0.717, 1.165) is 16.4 Å². The first-order chi connectivity index (χ1) is 10.8. The van der Waals surface area contributed by atoms with Crippen molar-refractivity contribution in [3.05, 3.63) is 47.3 Å². The number of aryl methyl sites for hydroxylation is 1. The zero-order valence-electron chi connectivity index (χ0n) is 12.2. The van der Waals surface area contributed by atoms with Crippen molar-refractivity contribution < 1.29 is 17.2 Å². The topological polar surface area (TPSA) is 89.2 Å². The monoisotopic (exact) mass is 340 g/mol. The summed E-state index contributed by atoms with van der Waals surface area (Å²) in [5.41, 5.74) is 6.17. The van der Waals surface area contributed by atoms with Crippen LogP contribution in [0.1, 0.15) is 17.2 Å². The van der Waals surface area contributed by atoms with Gasteiger partial charge in [-0.25, -0.2) is 27.2 Å². The van der Waals surface area contributed by atoms with Gasteiger partial charge in [0, 0.05) is 25.2 Å². The lowest BCUT2D eigenvalue weighted by atomic mass is 9.99. The van der Waals surface area contributed by atoms with Gasteiger partial charge in [-0.3, -0.25) is 0 Å². The van der Waals surface area contributed by atoms with Crippen molar-refractivity contribution in [2.24, 2.45) is 0 Å². The second-order valence-corrected chi connectivity index (χ2v) is 7.30. The largest absolute Gasteiger partial charge is 0.368 e. The molecule has 122 valence electrons. The van der Waals surface area contributed by atoms with E-state index in [1.54, 1.807) is 6.07 Å². The minimum atomic E-state index is -4.08. The zero-order chi connectivity index (χ0) is 16.8. The summed E-state index contributed by atoms with van der Waals surface area (Å²) in [5, 5.41) is 0. The third kappa shape index (κ3) is 2.77. The molecule has 0 bridgehead atoms. The number of benzene rings is 1. The Morgan fingerprint density at radius 1 is 1.26 bits per heavy atom. The highest BCUT2D eigenvalue weighted by molar-refractivity contribution is 7.89. The number of halogens is 2. The Balaban J connectivity index is 1.82. The number of nitrogen functional groups attached to an aromatic ring is 1. The zero-order valence-corrected chi connectivity index (χ0v) is 13.0. The van der Waals surface area contributed by atoms with Gasteiger partial charge in [-0.2, -0.15) is 4.31 Å². The molecule has 0 spiro atoms. The first kappa shape index (κ1) is 15.8. The van der Waals surface area contributed by atoms with Crippen molar-refractivity contribution in [1.29, 1.82) is 0 Å². The van der Waals surface area contributed by atoms with Crippen LogP contribution in [0.3, 0.4) is 0 Å². The normalized spacial score (nSPS) is 16.3. The van der Waals surface area contributed by atoms with Gasteiger partial charge in [-0.05, 0) is 30.7 Å². The molecule has 1 fully saturated rings. The van der Waals surface area contributed by atoms with Crippen LogP contribution in [-0.4, -0.2) is 35.8 Å². The quantitative estimate of drug-likeness (QED) is 0.913. The molecule has 0 amide bonds. The van der Waals surface area contributed by atoms with Crippen molar-refractivity contribution in [3.63, 3.8) is 0 Å². The number of hydrogen-bond acceptors (Lipinski definition) is 5. The average Bonchev–Trinajstić information content (AvgIpc) is 2.41. The second-order valence-electron chi connectivity index (χ2n) is 5.39. The maximum atomic E-state index is 13.9. The van der Waals surface area contributed by atoms with E-state index in [1.165, 1.54) is 13.1 Å². The molecular weight excluding hydrogens is 326 g/mol. The third-order valence-electron chi connectivity index (χ3n) is 3.79. The lowest BCUT2D eigenvalue weighted by molar-refractivity contribution is 0.259. The van der Waals surface area contributed by atoms with Crippen LogP contribution in [0, 0.1) is 18.6 Å². The molecule has 3 rings (SSSR count). The lowest BCUT2D eigenvalue weighted by Gasteiger charge is -2.37. The Hall–Kier alpha value is -2.13. The molecule has 1 saturated heterocycles. The van der Waals surface area contributed by atoms with Crippen LogP contribution >= 0.6 is 0 Å². The van der Waals surface area contributed by atoms with Crippen LogP contribution in [0.5, 0.6) is 0 Å². The van der Waals surface area contributed by atoms with Crippen LogP contribution in [0.25, 0.3) is 0 Å². The predicted molar refractivity (Wildman–Crippen MR) is 79.0 cm³/mol.